The average molecular weight is 370 g/mol. The van der Waals surface area contributed by atoms with Crippen molar-refractivity contribution in [1.82, 2.24) is 4.90 Å². The van der Waals surface area contributed by atoms with Gasteiger partial charge in [0.15, 0.2) is 0 Å². The summed E-state index contributed by atoms with van der Waals surface area (Å²) in [6.45, 7) is 1.36. The lowest BCUT2D eigenvalue weighted by Gasteiger charge is -2.38. The summed E-state index contributed by atoms with van der Waals surface area (Å²) in [6, 6.07) is 0. The molecule has 2 rings (SSSR count). The van der Waals surface area contributed by atoms with Gasteiger partial charge in [-0.2, -0.15) is 0 Å². The number of rotatable bonds is 4. The second-order valence-electron chi connectivity index (χ2n) is 5.81. The summed E-state index contributed by atoms with van der Waals surface area (Å²) < 4.78 is 38.0. The molecule has 10 heteroatoms. The molecule has 0 aromatic heterocycles. The molecule has 8 nitrogen and oxygen atoms in total. The van der Waals surface area contributed by atoms with Gasteiger partial charge in [-0.1, -0.05) is 0 Å². The standard InChI is InChI=1S/C13H20ClNO7S/c1-20-11(16)13(9-23(14,18)19)3-5-15(6-4-13)12(17)22-10-2-7-21-8-10/h10H,2-9H2,1H3/t10-/m0/s1. The Labute approximate surface area is 139 Å². The van der Waals surface area contributed by atoms with E-state index in [2.05, 4.69) is 0 Å². The van der Waals surface area contributed by atoms with Gasteiger partial charge in [-0.25, -0.2) is 13.2 Å². The first kappa shape index (κ1) is 18.3. The van der Waals surface area contributed by atoms with Gasteiger partial charge in [0, 0.05) is 30.2 Å². The van der Waals surface area contributed by atoms with Gasteiger partial charge < -0.3 is 19.1 Å². The first-order valence-corrected chi connectivity index (χ1v) is 9.78. The average Bonchev–Trinajstić information content (AvgIpc) is 2.98. The third-order valence-electron chi connectivity index (χ3n) is 4.20. The quantitative estimate of drug-likeness (QED) is 0.532. The highest BCUT2D eigenvalue weighted by atomic mass is 35.7. The fraction of sp³-hybridized carbons (Fsp3) is 0.846. The highest BCUT2D eigenvalue weighted by Gasteiger charge is 2.46. The van der Waals surface area contributed by atoms with E-state index in [1.807, 2.05) is 0 Å². The van der Waals surface area contributed by atoms with Crippen LogP contribution in [-0.2, 0) is 28.1 Å². The van der Waals surface area contributed by atoms with Crippen molar-refractivity contribution in [3.63, 3.8) is 0 Å². The van der Waals surface area contributed by atoms with E-state index in [1.54, 1.807) is 0 Å². The second-order valence-corrected chi connectivity index (χ2v) is 8.59. The summed E-state index contributed by atoms with van der Waals surface area (Å²) >= 11 is 0. The third kappa shape index (κ3) is 4.71. The van der Waals surface area contributed by atoms with Crippen LogP contribution in [0.3, 0.4) is 0 Å². The van der Waals surface area contributed by atoms with Crippen molar-refractivity contribution in [3.8, 4) is 0 Å². The Hall–Kier alpha value is -1.06. The molecule has 2 saturated heterocycles. The number of nitrogens with zero attached hydrogens (tertiary/aromatic N) is 1. The Bertz CT molecular complexity index is 551. The van der Waals surface area contributed by atoms with Gasteiger partial charge in [-0.3, -0.25) is 4.79 Å². The number of methoxy groups -OCH3 is 1. The molecule has 0 aliphatic carbocycles. The van der Waals surface area contributed by atoms with Crippen molar-refractivity contribution in [2.45, 2.75) is 25.4 Å². The first-order chi connectivity index (χ1) is 10.8. The lowest BCUT2D eigenvalue weighted by Crippen LogP contribution is -2.50. The highest BCUT2D eigenvalue weighted by Crippen LogP contribution is 2.35. The van der Waals surface area contributed by atoms with Crippen LogP contribution in [0.25, 0.3) is 0 Å². The van der Waals surface area contributed by atoms with Gasteiger partial charge >= 0.3 is 12.1 Å². The Morgan fingerprint density at radius 1 is 1.35 bits per heavy atom. The van der Waals surface area contributed by atoms with Crippen molar-refractivity contribution < 1.29 is 32.2 Å². The smallest absolute Gasteiger partial charge is 0.410 e. The van der Waals surface area contributed by atoms with Crippen molar-refractivity contribution in [2.24, 2.45) is 5.41 Å². The zero-order valence-corrected chi connectivity index (χ0v) is 14.4. The molecule has 2 aliphatic rings. The van der Waals surface area contributed by atoms with E-state index in [0.717, 1.165) is 0 Å². The van der Waals surface area contributed by atoms with E-state index < -0.39 is 32.3 Å². The van der Waals surface area contributed by atoms with E-state index in [-0.39, 0.29) is 32.0 Å². The molecule has 0 saturated carbocycles. The number of ether oxygens (including phenoxy) is 3. The Morgan fingerprint density at radius 3 is 2.48 bits per heavy atom. The zero-order valence-electron chi connectivity index (χ0n) is 12.8. The van der Waals surface area contributed by atoms with Crippen LogP contribution in [0.15, 0.2) is 0 Å². The molecule has 0 aromatic rings. The maximum Gasteiger partial charge on any atom is 0.410 e. The minimum atomic E-state index is -3.87. The molecular formula is C13H20ClNO7S. The van der Waals surface area contributed by atoms with Gasteiger partial charge in [-0.05, 0) is 12.8 Å². The van der Waals surface area contributed by atoms with Gasteiger partial charge in [0.05, 0.1) is 31.5 Å². The fourth-order valence-electron chi connectivity index (χ4n) is 2.89. The van der Waals surface area contributed by atoms with E-state index in [1.165, 1.54) is 12.0 Å². The lowest BCUT2D eigenvalue weighted by atomic mass is 9.80. The molecule has 0 aromatic carbocycles. The van der Waals surface area contributed by atoms with Crippen LogP contribution in [0.4, 0.5) is 4.79 Å². The summed E-state index contributed by atoms with van der Waals surface area (Å²) in [5.41, 5.74) is -1.22. The number of likely N-dealkylation sites (tertiary alicyclic amines) is 1. The van der Waals surface area contributed by atoms with Crippen molar-refractivity contribution in [3.05, 3.63) is 0 Å². The topological polar surface area (TPSA) is 99.2 Å². The molecular weight excluding hydrogens is 350 g/mol. The summed E-state index contributed by atoms with van der Waals surface area (Å²) in [5, 5.41) is 0. The molecule has 0 bridgehead atoms. The summed E-state index contributed by atoms with van der Waals surface area (Å²) in [5.74, 6) is -1.13. The maximum atomic E-state index is 12.1. The number of piperidine rings is 1. The summed E-state index contributed by atoms with van der Waals surface area (Å²) in [7, 11) is 2.64. The SMILES string of the molecule is COC(=O)C1(CS(=O)(=O)Cl)CCN(C(=O)O[C@H]2CCOC2)CC1. The van der Waals surface area contributed by atoms with Gasteiger partial charge in [0.1, 0.15) is 6.10 Å². The predicted molar refractivity (Wildman–Crippen MR) is 80.6 cm³/mol. The van der Waals surface area contributed by atoms with E-state index in [0.29, 0.717) is 19.6 Å². The van der Waals surface area contributed by atoms with Crippen molar-refractivity contribution >= 4 is 31.8 Å². The van der Waals surface area contributed by atoms with Crippen LogP contribution >= 0.6 is 10.7 Å². The number of esters is 1. The Kier molecular flexibility index (Phi) is 5.74. The summed E-state index contributed by atoms with van der Waals surface area (Å²) in [4.78, 5) is 25.6. The van der Waals surface area contributed by atoms with Crippen molar-refractivity contribution in [1.29, 1.82) is 0 Å². The van der Waals surface area contributed by atoms with Gasteiger partial charge in [-0.15, -0.1) is 0 Å². The minimum absolute atomic E-state index is 0.155. The molecule has 0 N–H and O–H groups in total. The van der Waals surface area contributed by atoms with E-state index >= 15 is 0 Å². The monoisotopic (exact) mass is 369 g/mol. The molecule has 23 heavy (non-hydrogen) atoms. The normalized spacial score (nSPS) is 24.3. The minimum Gasteiger partial charge on any atom is -0.469 e. The number of hydrogen-bond acceptors (Lipinski definition) is 7. The Balaban J connectivity index is 1.98. The number of carbonyl (C=O) groups is 2. The number of hydrogen-bond donors (Lipinski definition) is 0. The first-order valence-electron chi connectivity index (χ1n) is 7.30. The van der Waals surface area contributed by atoms with E-state index in [4.69, 9.17) is 24.9 Å². The van der Waals surface area contributed by atoms with E-state index in [9.17, 15) is 18.0 Å². The van der Waals surface area contributed by atoms with Crippen LogP contribution < -0.4 is 0 Å². The third-order valence-corrected chi connectivity index (χ3v) is 5.43. The largest absolute Gasteiger partial charge is 0.469 e. The number of amides is 1. The molecule has 0 radical (unpaired) electrons. The second kappa shape index (κ2) is 7.23. The zero-order chi connectivity index (χ0) is 17.1. The molecule has 132 valence electrons. The maximum absolute atomic E-state index is 12.1. The molecule has 1 amide bonds. The van der Waals surface area contributed by atoms with Gasteiger partial charge in [0.2, 0.25) is 9.05 Å². The number of halogens is 1. The predicted octanol–water partition coefficient (Wildman–Crippen LogP) is 0.736. The molecule has 2 fully saturated rings. The lowest BCUT2D eigenvalue weighted by molar-refractivity contribution is -0.154. The number of carbonyl (C=O) groups excluding carboxylic acids is 2. The molecule has 0 unspecified atom stereocenters. The van der Waals surface area contributed by atoms with Crippen LogP contribution in [-0.4, -0.2) is 70.7 Å². The van der Waals surface area contributed by atoms with Crippen LogP contribution in [0, 0.1) is 5.41 Å². The van der Waals surface area contributed by atoms with Crippen LogP contribution in [0.5, 0.6) is 0 Å². The van der Waals surface area contributed by atoms with Crippen molar-refractivity contribution in [2.75, 3.05) is 39.2 Å². The fourth-order valence-corrected chi connectivity index (χ4v) is 4.59. The molecule has 2 aliphatic heterocycles. The van der Waals surface area contributed by atoms with Crippen LogP contribution in [0.2, 0.25) is 0 Å². The molecule has 0 spiro atoms. The van der Waals surface area contributed by atoms with Crippen LogP contribution in [0.1, 0.15) is 19.3 Å². The highest BCUT2D eigenvalue weighted by molar-refractivity contribution is 8.13. The molecule has 1 atom stereocenters. The summed E-state index contributed by atoms with van der Waals surface area (Å²) in [6.07, 6.45) is 0.241. The van der Waals surface area contributed by atoms with Gasteiger partial charge in [0.25, 0.3) is 0 Å². The molecule has 2 heterocycles. The Morgan fingerprint density at radius 2 is 2.00 bits per heavy atom.